The van der Waals surface area contributed by atoms with Gasteiger partial charge in [-0.2, -0.15) is 0 Å². The lowest BCUT2D eigenvalue weighted by Crippen LogP contribution is -2.24. The van der Waals surface area contributed by atoms with Crippen LogP contribution in [0.1, 0.15) is 60.8 Å². The molecule has 3 N–H and O–H groups in total. The van der Waals surface area contributed by atoms with Crippen molar-refractivity contribution in [1.82, 2.24) is 0 Å². The molecular weight excluding hydrogens is 448 g/mol. The Labute approximate surface area is 205 Å². The van der Waals surface area contributed by atoms with Crippen molar-refractivity contribution in [3.05, 3.63) is 58.7 Å². The number of carboxylic acids is 1. The van der Waals surface area contributed by atoms with Gasteiger partial charge in [-0.3, -0.25) is 19.2 Å². The first kappa shape index (κ1) is 25.9. The van der Waals surface area contributed by atoms with Crippen LogP contribution < -0.4 is 10.6 Å². The summed E-state index contributed by atoms with van der Waals surface area (Å²) in [7, 11) is 1.41. The Morgan fingerprint density at radius 1 is 0.829 bits per heavy atom. The number of hydrogen-bond acceptors (Lipinski definition) is 7. The average Bonchev–Trinajstić information content (AvgIpc) is 2.82. The van der Waals surface area contributed by atoms with E-state index in [-0.39, 0.29) is 23.5 Å². The predicted octanol–water partition coefficient (Wildman–Crippen LogP) is 3.69. The Bertz CT molecular complexity index is 1130. The van der Waals surface area contributed by atoms with E-state index in [0.717, 1.165) is 46.6 Å². The van der Waals surface area contributed by atoms with Crippen molar-refractivity contribution >= 4 is 34.9 Å². The Morgan fingerprint density at radius 2 is 1.29 bits per heavy atom. The van der Waals surface area contributed by atoms with E-state index in [0.29, 0.717) is 25.8 Å². The van der Waals surface area contributed by atoms with Gasteiger partial charge in [0.05, 0.1) is 18.9 Å². The van der Waals surface area contributed by atoms with Gasteiger partial charge in [0.15, 0.2) is 0 Å². The number of esters is 1. The molecule has 186 valence electrons. The summed E-state index contributed by atoms with van der Waals surface area (Å²) in [5.41, 5.74) is 5.39. The molecule has 0 bridgehead atoms. The van der Waals surface area contributed by atoms with Gasteiger partial charge in [0.25, 0.3) is 0 Å². The third kappa shape index (κ3) is 6.68. The zero-order valence-electron chi connectivity index (χ0n) is 20.3. The second kappa shape index (κ2) is 11.6. The molecule has 4 rings (SSSR count). The molecule has 2 heterocycles. The molecule has 0 amide bonds. The van der Waals surface area contributed by atoms with Crippen molar-refractivity contribution in [2.45, 2.75) is 51.4 Å². The van der Waals surface area contributed by atoms with E-state index < -0.39 is 11.9 Å². The van der Waals surface area contributed by atoms with E-state index in [9.17, 15) is 19.2 Å². The molecule has 8 heteroatoms. The molecule has 0 saturated heterocycles. The van der Waals surface area contributed by atoms with E-state index in [2.05, 4.69) is 10.6 Å². The number of fused-ring (bicyclic) bond motifs is 2. The largest absolute Gasteiger partial charge is 0.481 e. The molecule has 0 aromatic heterocycles. The van der Waals surface area contributed by atoms with Crippen molar-refractivity contribution in [1.29, 1.82) is 0 Å². The average molecular weight is 481 g/mol. The van der Waals surface area contributed by atoms with Crippen LogP contribution in [0.25, 0.3) is 0 Å². The van der Waals surface area contributed by atoms with Crippen molar-refractivity contribution in [2.24, 2.45) is 0 Å². The number of carboxylic acid groups (broad SMARTS) is 1. The molecule has 2 aliphatic rings. The van der Waals surface area contributed by atoms with Gasteiger partial charge in [0, 0.05) is 37.3 Å². The highest BCUT2D eigenvalue weighted by atomic mass is 16.5. The molecule has 0 aliphatic carbocycles. The van der Waals surface area contributed by atoms with Crippen LogP contribution in [0, 0.1) is 0 Å². The van der Waals surface area contributed by atoms with Crippen molar-refractivity contribution < 1.29 is 29.0 Å². The number of methoxy groups -OCH3 is 1. The van der Waals surface area contributed by atoms with Crippen LogP contribution in [-0.2, 0) is 36.8 Å². The maximum Gasteiger partial charge on any atom is 0.313 e. The van der Waals surface area contributed by atoms with Gasteiger partial charge < -0.3 is 20.5 Å². The second-order valence-corrected chi connectivity index (χ2v) is 9.00. The van der Waals surface area contributed by atoms with Gasteiger partial charge in [-0.1, -0.05) is 24.3 Å². The molecule has 0 spiro atoms. The van der Waals surface area contributed by atoms with Crippen LogP contribution in [0.5, 0.6) is 0 Å². The lowest BCUT2D eigenvalue weighted by molar-refractivity contribution is -0.142. The third-order valence-electron chi connectivity index (χ3n) is 6.17. The summed E-state index contributed by atoms with van der Waals surface area (Å²) in [5.74, 6) is -1.49. The van der Waals surface area contributed by atoms with Crippen LogP contribution in [0.3, 0.4) is 0 Å². The van der Waals surface area contributed by atoms with E-state index in [1.54, 1.807) is 6.92 Å². The fourth-order valence-electron chi connectivity index (χ4n) is 4.57. The smallest absolute Gasteiger partial charge is 0.313 e. The number of ketones is 2. The molecule has 2 atom stereocenters. The summed E-state index contributed by atoms with van der Waals surface area (Å²) in [6.07, 6.45) is 2.08. The number of hydrogen-bond donors (Lipinski definition) is 3. The minimum atomic E-state index is -0.798. The molecule has 0 radical (unpaired) electrons. The van der Waals surface area contributed by atoms with E-state index in [1.807, 2.05) is 36.4 Å². The van der Waals surface area contributed by atoms with Crippen LogP contribution in [-0.4, -0.2) is 48.8 Å². The number of nitrogens with one attached hydrogen (secondary N) is 2. The molecule has 2 aromatic carbocycles. The van der Waals surface area contributed by atoms with E-state index in [4.69, 9.17) is 9.84 Å². The first-order chi connectivity index (χ1) is 16.7. The maximum absolute atomic E-state index is 11.7. The number of rotatable bonds is 6. The number of aliphatic carboxylic acids is 1. The minimum Gasteiger partial charge on any atom is -0.481 e. The van der Waals surface area contributed by atoms with E-state index >= 15 is 0 Å². The van der Waals surface area contributed by atoms with Gasteiger partial charge in [0.1, 0.15) is 11.6 Å². The summed E-state index contributed by atoms with van der Waals surface area (Å²) < 4.78 is 4.83. The molecule has 2 aromatic rings. The maximum atomic E-state index is 11.7. The Morgan fingerprint density at radius 3 is 1.71 bits per heavy atom. The van der Waals surface area contributed by atoms with Gasteiger partial charge in [0.2, 0.25) is 0 Å². The SMILES string of the molecule is CC(=O)Cc1ccc2c(c1)C(C(=O)O)CCN2.COC(=O)C1CCNc2ccc(CC(C)=O)cc21. The second-order valence-electron chi connectivity index (χ2n) is 9.00. The minimum absolute atomic E-state index is 0.0839. The molecule has 2 unspecified atom stereocenters. The van der Waals surface area contributed by atoms with E-state index in [1.165, 1.54) is 14.0 Å². The molecule has 0 fully saturated rings. The Balaban J connectivity index is 0.000000196. The molecule has 0 saturated carbocycles. The number of carbonyl (C=O) groups is 4. The summed E-state index contributed by atoms with van der Waals surface area (Å²) in [6.45, 7) is 4.54. The number of Topliss-reactive ketones (excluding diaryl/α,β-unsaturated/α-hetero) is 2. The first-order valence-electron chi connectivity index (χ1n) is 11.7. The van der Waals surface area contributed by atoms with Crippen LogP contribution in [0.15, 0.2) is 36.4 Å². The molecule has 35 heavy (non-hydrogen) atoms. The molecule has 2 aliphatic heterocycles. The quantitative estimate of drug-likeness (QED) is 0.535. The first-order valence-corrected chi connectivity index (χ1v) is 11.7. The van der Waals surface area contributed by atoms with Gasteiger partial charge in [-0.15, -0.1) is 0 Å². The lowest BCUT2D eigenvalue weighted by Gasteiger charge is -2.25. The van der Waals surface area contributed by atoms with Gasteiger partial charge >= 0.3 is 11.9 Å². The summed E-state index contributed by atoms with van der Waals surface area (Å²) in [5, 5.41) is 15.6. The Hall–Kier alpha value is -3.68. The zero-order chi connectivity index (χ0) is 25.5. The van der Waals surface area contributed by atoms with Crippen molar-refractivity contribution in [3.63, 3.8) is 0 Å². The van der Waals surface area contributed by atoms with Crippen LogP contribution >= 0.6 is 0 Å². The normalized spacial score (nSPS) is 17.8. The van der Waals surface area contributed by atoms with Crippen molar-refractivity contribution in [3.8, 4) is 0 Å². The molecular formula is C27H32N2O6. The fourth-order valence-corrected chi connectivity index (χ4v) is 4.57. The number of ether oxygens (including phenoxy) is 1. The van der Waals surface area contributed by atoms with Crippen molar-refractivity contribution in [2.75, 3.05) is 30.8 Å². The number of anilines is 2. The van der Waals surface area contributed by atoms with Gasteiger partial charge in [-0.25, -0.2) is 0 Å². The third-order valence-corrected chi connectivity index (χ3v) is 6.17. The van der Waals surface area contributed by atoms with Crippen LogP contribution in [0.4, 0.5) is 11.4 Å². The molecule has 8 nitrogen and oxygen atoms in total. The number of benzene rings is 2. The highest BCUT2D eigenvalue weighted by Crippen LogP contribution is 2.34. The predicted molar refractivity (Wildman–Crippen MR) is 133 cm³/mol. The van der Waals surface area contributed by atoms with Crippen LogP contribution in [0.2, 0.25) is 0 Å². The monoisotopic (exact) mass is 480 g/mol. The highest BCUT2D eigenvalue weighted by molar-refractivity contribution is 5.83. The Kier molecular flexibility index (Phi) is 8.63. The standard InChI is InChI=1S/C14H17NO3.C13H15NO3/c1-9(16)7-10-3-4-13-12(8-10)11(5-6-15-13)14(17)18-2;1-8(15)6-9-2-3-12-11(7-9)10(13(16)17)4-5-14-12/h3-4,8,11,15H,5-7H2,1-2H3;2-3,7,10,14H,4-6H2,1H3,(H,16,17). The summed E-state index contributed by atoms with van der Waals surface area (Å²) in [4.78, 5) is 45.1. The highest BCUT2D eigenvalue weighted by Gasteiger charge is 2.28. The summed E-state index contributed by atoms with van der Waals surface area (Å²) >= 11 is 0. The van der Waals surface area contributed by atoms with Gasteiger partial charge in [-0.05, 0) is 61.1 Å². The number of carbonyl (C=O) groups excluding carboxylic acids is 3. The fraction of sp³-hybridized carbons (Fsp3) is 0.407. The lowest BCUT2D eigenvalue weighted by atomic mass is 9.89. The topological polar surface area (TPSA) is 122 Å². The zero-order valence-corrected chi connectivity index (χ0v) is 20.3. The summed E-state index contributed by atoms with van der Waals surface area (Å²) in [6, 6.07) is 11.4.